The zero-order chi connectivity index (χ0) is 12.5. The van der Waals surface area contributed by atoms with Gasteiger partial charge in [-0.2, -0.15) is 13.2 Å². The Bertz CT molecular complexity index is 577. The van der Waals surface area contributed by atoms with Crippen LogP contribution in [0.2, 0.25) is 0 Å². The predicted molar refractivity (Wildman–Crippen MR) is 53.1 cm³/mol. The van der Waals surface area contributed by atoms with Crippen LogP contribution >= 0.6 is 0 Å². The molecule has 7 heteroatoms. The van der Waals surface area contributed by atoms with E-state index >= 15 is 0 Å². The van der Waals surface area contributed by atoms with Crippen molar-refractivity contribution in [2.24, 2.45) is 0 Å². The molecule has 0 saturated heterocycles. The van der Waals surface area contributed by atoms with Crippen molar-refractivity contribution in [2.45, 2.75) is 6.18 Å². The molecule has 0 aliphatic carbocycles. The number of hydrogen-bond donors (Lipinski definition) is 1. The number of halogens is 3. The highest BCUT2D eigenvalue weighted by Gasteiger charge is 2.34. The second-order valence-corrected chi connectivity index (χ2v) is 3.22. The number of alkyl halides is 3. The van der Waals surface area contributed by atoms with Crippen molar-refractivity contribution in [3.63, 3.8) is 0 Å². The molecule has 0 radical (unpaired) electrons. The van der Waals surface area contributed by atoms with Gasteiger partial charge in [0.05, 0.1) is 5.69 Å². The van der Waals surface area contributed by atoms with Crippen molar-refractivity contribution >= 4 is 0 Å². The SMILES string of the molecule is O=c1cc(-c2cccnc2)nc(C(F)(F)F)[nH]1. The lowest BCUT2D eigenvalue weighted by Gasteiger charge is -2.06. The Labute approximate surface area is 93.2 Å². The van der Waals surface area contributed by atoms with E-state index in [-0.39, 0.29) is 5.69 Å². The number of rotatable bonds is 1. The summed E-state index contributed by atoms with van der Waals surface area (Å²) in [7, 11) is 0. The molecule has 2 aromatic rings. The van der Waals surface area contributed by atoms with E-state index in [0.717, 1.165) is 6.07 Å². The number of aromatic nitrogens is 3. The van der Waals surface area contributed by atoms with Crippen LogP contribution in [0.5, 0.6) is 0 Å². The smallest absolute Gasteiger partial charge is 0.303 e. The predicted octanol–water partition coefficient (Wildman–Crippen LogP) is 1.85. The molecule has 0 unspecified atom stereocenters. The molecule has 0 fully saturated rings. The fourth-order valence-electron chi connectivity index (χ4n) is 1.25. The molecule has 2 aromatic heterocycles. The summed E-state index contributed by atoms with van der Waals surface area (Å²) in [5.74, 6) is -1.32. The number of hydrogen-bond acceptors (Lipinski definition) is 3. The van der Waals surface area contributed by atoms with Crippen molar-refractivity contribution < 1.29 is 13.2 Å². The number of nitrogens with zero attached hydrogens (tertiary/aromatic N) is 2. The van der Waals surface area contributed by atoms with Crippen LogP contribution in [0.3, 0.4) is 0 Å². The van der Waals surface area contributed by atoms with Crippen LogP contribution in [0.4, 0.5) is 13.2 Å². The third-order valence-corrected chi connectivity index (χ3v) is 1.97. The zero-order valence-electron chi connectivity index (χ0n) is 8.32. The van der Waals surface area contributed by atoms with E-state index in [1.165, 1.54) is 18.5 Å². The fourth-order valence-corrected chi connectivity index (χ4v) is 1.25. The Balaban J connectivity index is 2.58. The Morgan fingerprint density at radius 2 is 2.06 bits per heavy atom. The summed E-state index contributed by atoms with van der Waals surface area (Å²) in [6, 6.07) is 4.06. The molecule has 0 aromatic carbocycles. The second kappa shape index (κ2) is 4.00. The first-order valence-electron chi connectivity index (χ1n) is 4.56. The zero-order valence-corrected chi connectivity index (χ0v) is 8.32. The first-order valence-corrected chi connectivity index (χ1v) is 4.56. The summed E-state index contributed by atoms with van der Waals surface area (Å²) < 4.78 is 37.2. The monoisotopic (exact) mass is 241 g/mol. The van der Waals surface area contributed by atoms with Crippen LogP contribution in [0.25, 0.3) is 11.3 Å². The number of aromatic amines is 1. The lowest BCUT2D eigenvalue weighted by atomic mass is 10.2. The molecule has 0 aliphatic heterocycles. The normalized spacial score (nSPS) is 11.5. The molecule has 2 rings (SSSR count). The van der Waals surface area contributed by atoms with Crippen molar-refractivity contribution in [1.29, 1.82) is 0 Å². The Hall–Kier alpha value is -2.18. The van der Waals surface area contributed by atoms with Crippen LogP contribution in [0, 0.1) is 0 Å². The van der Waals surface area contributed by atoms with Gasteiger partial charge in [-0.3, -0.25) is 9.78 Å². The first kappa shape index (κ1) is 11.3. The summed E-state index contributed by atoms with van der Waals surface area (Å²) in [6.45, 7) is 0. The van der Waals surface area contributed by atoms with Crippen molar-refractivity contribution in [1.82, 2.24) is 15.0 Å². The summed E-state index contributed by atoms with van der Waals surface area (Å²) in [6.07, 6.45) is -1.87. The van der Waals surface area contributed by atoms with Crippen molar-refractivity contribution in [3.8, 4) is 11.3 Å². The molecule has 4 nitrogen and oxygen atoms in total. The molecule has 17 heavy (non-hydrogen) atoms. The van der Waals surface area contributed by atoms with Gasteiger partial charge in [-0.1, -0.05) is 0 Å². The standard InChI is InChI=1S/C10H6F3N3O/c11-10(12,13)9-15-7(4-8(17)16-9)6-2-1-3-14-5-6/h1-5H,(H,15,16,17). The van der Waals surface area contributed by atoms with Crippen LogP contribution in [0.1, 0.15) is 5.82 Å². The Kier molecular flexibility index (Phi) is 2.66. The van der Waals surface area contributed by atoms with Crippen LogP contribution in [-0.2, 0) is 6.18 Å². The molecule has 2 heterocycles. The summed E-state index contributed by atoms with van der Waals surface area (Å²) in [5, 5.41) is 0. The van der Waals surface area contributed by atoms with Gasteiger partial charge >= 0.3 is 6.18 Å². The highest BCUT2D eigenvalue weighted by atomic mass is 19.4. The molecule has 1 N–H and O–H groups in total. The second-order valence-electron chi connectivity index (χ2n) is 3.22. The van der Waals surface area contributed by atoms with E-state index in [2.05, 4.69) is 9.97 Å². The Morgan fingerprint density at radius 1 is 1.29 bits per heavy atom. The molecule has 0 aliphatic rings. The average molecular weight is 241 g/mol. The molecular formula is C10H6F3N3O. The summed E-state index contributed by atoms with van der Waals surface area (Å²) in [5.41, 5.74) is -0.565. The molecule has 0 amide bonds. The quantitative estimate of drug-likeness (QED) is 0.828. The summed E-state index contributed by atoms with van der Waals surface area (Å²) in [4.78, 5) is 19.9. The number of nitrogens with one attached hydrogen (secondary N) is 1. The lowest BCUT2D eigenvalue weighted by molar-refractivity contribution is -0.145. The van der Waals surface area contributed by atoms with Crippen molar-refractivity contribution in [2.75, 3.05) is 0 Å². The van der Waals surface area contributed by atoms with Gasteiger partial charge < -0.3 is 4.98 Å². The van der Waals surface area contributed by atoms with Crippen LogP contribution in [-0.4, -0.2) is 15.0 Å². The maximum absolute atomic E-state index is 12.4. The molecule has 0 atom stereocenters. The van der Waals surface area contributed by atoms with E-state index in [4.69, 9.17) is 0 Å². The van der Waals surface area contributed by atoms with Gasteiger partial charge in [0.2, 0.25) is 5.82 Å². The number of H-pyrrole nitrogens is 1. The highest BCUT2D eigenvalue weighted by Crippen LogP contribution is 2.26. The Morgan fingerprint density at radius 3 is 2.65 bits per heavy atom. The fraction of sp³-hybridized carbons (Fsp3) is 0.100. The maximum Gasteiger partial charge on any atom is 0.449 e. The van der Waals surface area contributed by atoms with E-state index in [1.807, 2.05) is 0 Å². The van der Waals surface area contributed by atoms with Gasteiger partial charge in [0.1, 0.15) is 0 Å². The highest BCUT2D eigenvalue weighted by molar-refractivity contribution is 5.56. The molecular weight excluding hydrogens is 235 g/mol. The minimum atomic E-state index is -4.68. The van der Waals surface area contributed by atoms with Gasteiger partial charge in [0, 0.05) is 24.0 Å². The van der Waals surface area contributed by atoms with Gasteiger partial charge in [-0.25, -0.2) is 4.98 Å². The topological polar surface area (TPSA) is 58.6 Å². The minimum Gasteiger partial charge on any atom is -0.303 e. The van der Waals surface area contributed by atoms with E-state index < -0.39 is 17.6 Å². The van der Waals surface area contributed by atoms with E-state index in [9.17, 15) is 18.0 Å². The van der Waals surface area contributed by atoms with Gasteiger partial charge in [0.15, 0.2) is 0 Å². The first-order chi connectivity index (χ1) is 7.97. The molecule has 0 bridgehead atoms. The van der Waals surface area contributed by atoms with Gasteiger partial charge in [-0.15, -0.1) is 0 Å². The minimum absolute atomic E-state index is 0.0609. The third-order valence-electron chi connectivity index (χ3n) is 1.97. The van der Waals surface area contributed by atoms with Gasteiger partial charge in [0.25, 0.3) is 5.56 Å². The van der Waals surface area contributed by atoms with E-state index in [0.29, 0.717) is 5.56 Å². The summed E-state index contributed by atoms with van der Waals surface area (Å²) >= 11 is 0. The largest absolute Gasteiger partial charge is 0.449 e. The maximum atomic E-state index is 12.4. The average Bonchev–Trinajstić information content (AvgIpc) is 2.28. The molecule has 88 valence electrons. The lowest BCUT2D eigenvalue weighted by Crippen LogP contribution is -2.18. The van der Waals surface area contributed by atoms with Crippen LogP contribution < -0.4 is 5.56 Å². The van der Waals surface area contributed by atoms with Gasteiger partial charge in [-0.05, 0) is 12.1 Å². The van der Waals surface area contributed by atoms with Crippen molar-refractivity contribution in [3.05, 3.63) is 46.8 Å². The van der Waals surface area contributed by atoms with E-state index in [1.54, 1.807) is 11.1 Å². The van der Waals surface area contributed by atoms with Crippen LogP contribution in [0.15, 0.2) is 35.4 Å². The number of pyridine rings is 1. The third kappa shape index (κ3) is 2.49. The molecule has 0 saturated carbocycles. The molecule has 0 spiro atoms.